The van der Waals surface area contributed by atoms with Crippen molar-refractivity contribution in [2.24, 2.45) is 0 Å². The van der Waals surface area contributed by atoms with Crippen molar-refractivity contribution in [1.29, 1.82) is 0 Å². The molecule has 0 spiro atoms. The van der Waals surface area contributed by atoms with Crippen LogP contribution in [-0.4, -0.2) is 36.6 Å². The van der Waals surface area contributed by atoms with Gasteiger partial charge >= 0.3 is 0 Å². The first kappa shape index (κ1) is 12.4. The SMILES string of the molecule is CC(=CCOCC=C(C)CO)CO. The Morgan fingerprint density at radius 3 is 1.69 bits per heavy atom. The van der Waals surface area contributed by atoms with Crippen molar-refractivity contribution < 1.29 is 14.9 Å². The Labute approximate surface area is 79.3 Å². The predicted octanol–water partition coefficient (Wildman–Crippen LogP) is 0.880. The summed E-state index contributed by atoms with van der Waals surface area (Å²) in [5.74, 6) is 0. The highest BCUT2D eigenvalue weighted by atomic mass is 16.5. The zero-order chi connectivity index (χ0) is 10.1. The molecule has 13 heavy (non-hydrogen) atoms. The summed E-state index contributed by atoms with van der Waals surface area (Å²) in [4.78, 5) is 0. The normalized spacial score (nSPS) is 13.5. The smallest absolute Gasteiger partial charge is 0.0655 e. The third kappa shape index (κ3) is 7.71. The summed E-state index contributed by atoms with van der Waals surface area (Å²) in [5.41, 5.74) is 1.81. The van der Waals surface area contributed by atoms with Crippen LogP contribution in [-0.2, 0) is 4.74 Å². The van der Waals surface area contributed by atoms with Crippen molar-refractivity contribution in [3.8, 4) is 0 Å². The molecule has 0 saturated heterocycles. The van der Waals surface area contributed by atoms with Crippen LogP contribution in [0.5, 0.6) is 0 Å². The lowest BCUT2D eigenvalue weighted by Crippen LogP contribution is -1.95. The van der Waals surface area contributed by atoms with Gasteiger partial charge in [-0.2, -0.15) is 0 Å². The second kappa shape index (κ2) is 7.98. The van der Waals surface area contributed by atoms with Gasteiger partial charge in [0.25, 0.3) is 0 Å². The fourth-order valence-corrected chi connectivity index (χ4v) is 0.600. The molecule has 0 aromatic heterocycles. The van der Waals surface area contributed by atoms with Gasteiger partial charge in [0.15, 0.2) is 0 Å². The van der Waals surface area contributed by atoms with Gasteiger partial charge in [-0.05, 0) is 25.0 Å². The highest BCUT2D eigenvalue weighted by Crippen LogP contribution is 1.92. The first-order valence-corrected chi connectivity index (χ1v) is 4.31. The first-order valence-electron chi connectivity index (χ1n) is 4.31. The van der Waals surface area contributed by atoms with Gasteiger partial charge in [-0.3, -0.25) is 0 Å². The van der Waals surface area contributed by atoms with Gasteiger partial charge in [0.2, 0.25) is 0 Å². The molecule has 0 heterocycles. The number of aliphatic hydroxyl groups is 2. The zero-order valence-electron chi connectivity index (χ0n) is 8.29. The topological polar surface area (TPSA) is 49.7 Å². The van der Waals surface area contributed by atoms with E-state index in [1.54, 1.807) is 0 Å². The Morgan fingerprint density at radius 2 is 1.38 bits per heavy atom. The third-order valence-electron chi connectivity index (χ3n) is 1.60. The van der Waals surface area contributed by atoms with Crippen LogP contribution in [0.3, 0.4) is 0 Å². The Bertz CT molecular complexity index is 163. The highest BCUT2D eigenvalue weighted by molar-refractivity contribution is 4.99. The molecule has 0 atom stereocenters. The maximum Gasteiger partial charge on any atom is 0.0655 e. The van der Waals surface area contributed by atoms with E-state index in [0.717, 1.165) is 11.1 Å². The van der Waals surface area contributed by atoms with E-state index in [-0.39, 0.29) is 13.2 Å². The van der Waals surface area contributed by atoms with E-state index in [1.165, 1.54) is 0 Å². The fraction of sp³-hybridized carbons (Fsp3) is 0.600. The number of aliphatic hydroxyl groups excluding tert-OH is 2. The molecule has 0 fully saturated rings. The van der Waals surface area contributed by atoms with Crippen molar-refractivity contribution in [2.45, 2.75) is 13.8 Å². The second-order valence-corrected chi connectivity index (χ2v) is 2.95. The Balaban J connectivity index is 3.47. The Morgan fingerprint density at radius 1 is 1.00 bits per heavy atom. The first-order chi connectivity index (χ1) is 6.20. The van der Waals surface area contributed by atoms with Gasteiger partial charge in [0.05, 0.1) is 26.4 Å². The lowest BCUT2D eigenvalue weighted by atomic mass is 10.3. The molecule has 2 N–H and O–H groups in total. The largest absolute Gasteiger partial charge is 0.392 e. The molecule has 3 nitrogen and oxygen atoms in total. The number of rotatable bonds is 6. The second-order valence-electron chi connectivity index (χ2n) is 2.95. The highest BCUT2D eigenvalue weighted by Gasteiger charge is 1.86. The van der Waals surface area contributed by atoms with Crippen molar-refractivity contribution in [1.82, 2.24) is 0 Å². The van der Waals surface area contributed by atoms with Crippen LogP contribution in [0.15, 0.2) is 23.3 Å². The summed E-state index contributed by atoms with van der Waals surface area (Å²) in [5, 5.41) is 17.3. The van der Waals surface area contributed by atoms with E-state index in [1.807, 2.05) is 26.0 Å². The Hall–Kier alpha value is -0.640. The molecule has 0 aliphatic rings. The van der Waals surface area contributed by atoms with Gasteiger partial charge < -0.3 is 14.9 Å². The molecule has 0 bridgehead atoms. The zero-order valence-corrected chi connectivity index (χ0v) is 8.29. The molecular weight excluding hydrogens is 168 g/mol. The average molecular weight is 186 g/mol. The molecule has 0 aliphatic carbocycles. The summed E-state index contributed by atoms with van der Waals surface area (Å²) >= 11 is 0. The summed E-state index contributed by atoms with van der Waals surface area (Å²) < 4.78 is 5.20. The van der Waals surface area contributed by atoms with E-state index in [0.29, 0.717) is 13.2 Å². The van der Waals surface area contributed by atoms with E-state index in [4.69, 9.17) is 14.9 Å². The van der Waals surface area contributed by atoms with Crippen molar-refractivity contribution in [3.63, 3.8) is 0 Å². The molecule has 0 aromatic carbocycles. The molecule has 3 heteroatoms. The molecule has 0 rings (SSSR count). The van der Waals surface area contributed by atoms with Crippen LogP contribution in [0.25, 0.3) is 0 Å². The van der Waals surface area contributed by atoms with E-state index in [9.17, 15) is 0 Å². The number of ether oxygens (including phenoxy) is 1. The minimum atomic E-state index is 0.0782. The van der Waals surface area contributed by atoms with Crippen LogP contribution in [0, 0.1) is 0 Å². The van der Waals surface area contributed by atoms with Gasteiger partial charge in [-0.25, -0.2) is 0 Å². The summed E-state index contributed by atoms with van der Waals surface area (Å²) in [6.07, 6.45) is 3.67. The number of hydrogen-bond donors (Lipinski definition) is 2. The molecule has 0 aromatic rings. The van der Waals surface area contributed by atoms with E-state index < -0.39 is 0 Å². The van der Waals surface area contributed by atoms with Gasteiger partial charge in [-0.1, -0.05) is 12.2 Å². The molecule has 0 radical (unpaired) electrons. The molecular formula is C10H18O3. The molecule has 0 saturated carbocycles. The van der Waals surface area contributed by atoms with Crippen LogP contribution in [0.1, 0.15) is 13.8 Å². The third-order valence-corrected chi connectivity index (χ3v) is 1.60. The lowest BCUT2D eigenvalue weighted by molar-refractivity contribution is 0.191. The molecule has 0 aliphatic heterocycles. The minimum Gasteiger partial charge on any atom is -0.392 e. The predicted molar refractivity (Wildman–Crippen MR) is 52.5 cm³/mol. The Kier molecular flexibility index (Phi) is 7.59. The maximum absolute atomic E-state index is 8.65. The van der Waals surface area contributed by atoms with Crippen LogP contribution in [0.2, 0.25) is 0 Å². The number of hydrogen-bond acceptors (Lipinski definition) is 3. The molecule has 0 unspecified atom stereocenters. The van der Waals surface area contributed by atoms with Crippen molar-refractivity contribution in [3.05, 3.63) is 23.3 Å². The monoisotopic (exact) mass is 186 g/mol. The molecule has 0 amide bonds. The summed E-state index contributed by atoms with van der Waals surface area (Å²) in [6.45, 7) is 4.85. The van der Waals surface area contributed by atoms with Crippen molar-refractivity contribution in [2.75, 3.05) is 26.4 Å². The van der Waals surface area contributed by atoms with Crippen molar-refractivity contribution >= 4 is 0 Å². The summed E-state index contributed by atoms with van der Waals surface area (Å²) in [6, 6.07) is 0. The van der Waals surface area contributed by atoms with E-state index in [2.05, 4.69) is 0 Å². The fourth-order valence-electron chi connectivity index (χ4n) is 0.600. The standard InChI is InChI=1S/C10H18O3/c1-9(7-11)3-5-13-6-4-10(2)8-12/h3-4,11-12H,5-8H2,1-2H3. The summed E-state index contributed by atoms with van der Waals surface area (Å²) in [7, 11) is 0. The molecule has 76 valence electrons. The average Bonchev–Trinajstić information content (AvgIpc) is 2.16. The van der Waals surface area contributed by atoms with Crippen LogP contribution in [0.4, 0.5) is 0 Å². The van der Waals surface area contributed by atoms with E-state index >= 15 is 0 Å². The quantitative estimate of drug-likeness (QED) is 0.478. The maximum atomic E-state index is 8.65. The van der Waals surface area contributed by atoms with Crippen LogP contribution < -0.4 is 0 Å². The van der Waals surface area contributed by atoms with Gasteiger partial charge in [0, 0.05) is 0 Å². The lowest BCUT2D eigenvalue weighted by Gasteiger charge is -1.98. The minimum absolute atomic E-state index is 0.0782. The van der Waals surface area contributed by atoms with Gasteiger partial charge in [-0.15, -0.1) is 0 Å². The van der Waals surface area contributed by atoms with Crippen LogP contribution >= 0.6 is 0 Å². The van der Waals surface area contributed by atoms with Gasteiger partial charge in [0.1, 0.15) is 0 Å².